The Morgan fingerprint density at radius 3 is 2.43 bits per heavy atom. The smallest absolute Gasteiger partial charge is 0.209 e. The minimum atomic E-state index is -1.27. The van der Waals surface area contributed by atoms with Crippen LogP contribution in [0.1, 0.15) is 36.0 Å². The number of nitrogens with zero attached hydrogens (tertiary/aromatic N) is 3. The van der Waals surface area contributed by atoms with Crippen LogP contribution in [0.2, 0.25) is 0 Å². The second-order valence-electron chi connectivity index (χ2n) is 8.52. The molecule has 0 spiro atoms. The molecule has 35 heavy (non-hydrogen) atoms. The quantitative estimate of drug-likeness (QED) is 0.425. The van der Waals surface area contributed by atoms with Crippen LogP contribution in [0.5, 0.6) is 5.75 Å². The number of nitrogens with two attached hydrogens (primary N) is 1. The van der Waals surface area contributed by atoms with Gasteiger partial charge < -0.3 is 20.7 Å². The summed E-state index contributed by atoms with van der Waals surface area (Å²) < 4.78 is 33.8. The molecule has 1 fully saturated rings. The molecule has 1 saturated heterocycles. The highest BCUT2D eigenvalue weighted by molar-refractivity contribution is 7.18. The van der Waals surface area contributed by atoms with Gasteiger partial charge in [-0.05, 0) is 57.2 Å². The van der Waals surface area contributed by atoms with Crippen molar-refractivity contribution < 1.29 is 18.3 Å². The molecule has 0 unspecified atom stereocenters. The number of ether oxygens (including phenoxy) is 1. The lowest BCUT2D eigenvalue weighted by atomic mass is 10.1. The molecule has 1 aliphatic heterocycles. The fraction of sp³-hybridized carbons (Fsp3) is 0.360. The van der Waals surface area contributed by atoms with E-state index in [-0.39, 0.29) is 23.1 Å². The number of hydrogen-bond acceptors (Lipinski definition) is 8. The maximum Gasteiger partial charge on any atom is 0.209 e. The van der Waals surface area contributed by atoms with Crippen molar-refractivity contribution in [3.05, 3.63) is 58.5 Å². The number of carbonyl (C=O) groups excluding carboxylic acids is 1. The van der Waals surface area contributed by atoms with Crippen molar-refractivity contribution in [3.8, 4) is 5.75 Å². The van der Waals surface area contributed by atoms with Crippen molar-refractivity contribution in [2.45, 2.75) is 26.8 Å². The van der Waals surface area contributed by atoms with Crippen LogP contribution >= 0.6 is 11.3 Å². The number of halogens is 2. The first-order valence-electron chi connectivity index (χ1n) is 11.6. The van der Waals surface area contributed by atoms with Gasteiger partial charge in [-0.1, -0.05) is 11.3 Å². The summed E-state index contributed by atoms with van der Waals surface area (Å²) >= 11 is 0.988. The fourth-order valence-corrected chi connectivity index (χ4v) is 4.88. The van der Waals surface area contributed by atoms with Gasteiger partial charge >= 0.3 is 0 Å². The van der Waals surface area contributed by atoms with Gasteiger partial charge in [0.25, 0.3) is 0 Å². The fourth-order valence-electron chi connectivity index (χ4n) is 4.02. The molecule has 4 rings (SSSR count). The maximum absolute atomic E-state index is 14.5. The van der Waals surface area contributed by atoms with Crippen LogP contribution in [-0.4, -0.2) is 54.5 Å². The van der Waals surface area contributed by atoms with E-state index in [1.807, 2.05) is 24.3 Å². The van der Waals surface area contributed by atoms with Gasteiger partial charge in [-0.2, -0.15) is 4.39 Å². The summed E-state index contributed by atoms with van der Waals surface area (Å²) in [6.07, 6.45) is 0. The zero-order chi connectivity index (χ0) is 25.1. The van der Waals surface area contributed by atoms with Crippen molar-refractivity contribution in [1.82, 2.24) is 9.88 Å². The lowest BCUT2D eigenvalue weighted by molar-refractivity contribution is 0.103. The summed E-state index contributed by atoms with van der Waals surface area (Å²) in [4.78, 5) is 21.9. The normalized spacial score (nSPS) is 14.4. The summed E-state index contributed by atoms with van der Waals surface area (Å²) in [7, 11) is 0. The molecule has 0 atom stereocenters. The maximum atomic E-state index is 14.5. The molecule has 10 heteroatoms. The van der Waals surface area contributed by atoms with Gasteiger partial charge in [0.05, 0.1) is 12.2 Å². The van der Waals surface area contributed by atoms with Crippen LogP contribution in [0, 0.1) is 11.6 Å². The topological polar surface area (TPSA) is 83.7 Å². The number of ketones is 1. The number of thiazole rings is 1. The average molecular weight is 502 g/mol. The van der Waals surface area contributed by atoms with Gasteiger partial charge in [0.15, 0.2) is 16.7 Å². The molecule has 3 aromatic rings. The molecule has 7 nitrogen and oxygen atoms in total. The standard InChI is InChI=1S/C25H29F2N5O2S/c1-4-34-19-10-9-18(20(26)21(19)27)22(33)23-24(28)30-25(35-23)29-16-5-7-17(8-6-16)32-13-11-31(12-14-32)15(2)3/h5-10,15H,4,11-14,28H2,1-3H3,(H,29,30). The highest BCUT2D eigenvalue weighted by atomic mass is 32.1. The van der Waals surface area contributed by atoms with E-state index >= 15 is 0 Å². The van der Waals surface area contributed by atoms with E-state index in [2.05, 4.69) is 33.9 Å². The molecule has 2 aromatic carbocycles. The van der Waals surface area contributed by atoms with Crippen LogP contribution in [0.25, 0.3) is 0 Å². The van der Waals surface area contributed by atoms with Crippen molar-refractivity contribution in [2.24, 2.45) is 0 Å². The first-order chi connectivity index (χ1) is 16.8. The first kappa shape index (κ1) is 24.9. The highest BCUT2D eigenvalue weighted by Crippen LogP contribution is 2.32. The average Bonchev–Trinajstić information content (AvgIpc) is 3.22. The van der Waals surface area contributed by atoms with Gasteiger partial charge in [-0.15, -0.1) is 0 Å². The molecular weight excluding hydrogens is 472 g/mol. The van der Waals surface area contributed by atoms with Gasteiger partial charge in [-0.3, -0.25) is 9.69 Å². The molecule has 0 saturated carbocycles. The van der Waals surface area contributed by atoms with Crippen LogP contribution in [0.4, 0.5) is 31.1 Å². The Balaban J connectivity index is 1.45. The Kier molecular flexibility index (Phi) is 7.51. The summed E-state index contributed by atoms with van der Waals surface area (Å²) in [6.45, 7) is 10.3. The Morgan fingerprint density at radius 1 is 1.11 bits per heavy atom. The van der Waals surface area contributed by atoms with Gasteiger partial charge in [0.2, 0.25) is 11.6 Å². The number of carbonyl (C=O) groups is 1. The van der Waals surface area contributed by atoms with Crippen molar-refractivity contribution in [3.63, 3.8) is 0 Å². The summed E-state index contributed by atoms with van der Waals surface area (Å²) in [5.41, 5.74) is 7.44. The number of anilines is 4. The number of benzene rings is 2. The summed E-state index contributed by atoms with van der Waals surface area (Å²) in [5, 5.41) is 3.52. The largest absolute Gasteiger partial charge is 0.491 e. The zero-order valence-corrected chi connectivity index (χ0v) is 20.8. The number of nitrogen functional groups attached to an aromatic ring is 1. The molecule has 2 heterocycles. The van der Waals surface area contributed by atoms with Gasteiger partial charge in [0, 0.05) is 43.6 Å². The highest BCUT2D eigenvalue weighted by Gasteiger charge is 2.25. The summed E-state index contributed by atoms with van der Waals surface area (Å²) in [6, 6.07) is 10.9. The van der Waals surface area contributed by atoms with Crippen LogP contribution in [-0.2, 0) is 0 Å². The Bertz CT molecular complexity index is 1190. The van der Waals surface area contributed by atoms with E-state index in [1.165, 1.54) is 12.1 Å². The molecule has 3 N–H and O–H groups in total. The molecule has 186 valence electrons. The first-order valence-corrected chi connectivity index (χ1v) is 12.4. The van der Waals surface area contributed by atoms with Gasteiger partial charge in [0.1, 0.15) is 10.7 Å². The number of hydrogen-bond donors (Lipinski definition) is 2. The number of aromatic nitrogens is 1. The molecule has 0 bridgehead atoms. The van der Waals surface area contributed by atoms with E-state index in [9.17, 15) is 13.6 Å². The molecular formula is C25H29F2N5O2S. The van der Waals surface area contributed by atoms with E-state index in [1.54, 1.807) is 6.92 Å². The molecule has 1 aromatic heterocycles. The van der Waals surface area contributed by atoms with Crippen molar-refractivity contribution >= 4 is 39.4 Å². The molecule has 0 amide bonds. The number of piperazine rings is 1. The van der Waals surface area contributed by atoms with Crippen LogP contribution < -0.4 is 20.7 Å². The lowest BCUT2D eigenvalue weighted by Gasteiger charge is -2.38. The third-order valence-electron chi connectivity index (χ3n) is 5.98. The molecule has 0 aliphatic carbocycles. The Morgan fingerprint density at radius 2 is 1.80 bits per heavy atom. The van der Waals surface area contributed by atoms with Crippen LogP contribution in [0.15, 0.2) is 36.4 Å². The van der Waals surface area contributed by atoms with E-state index < -0.39 is 23.0 Å². The van der Waals surface area contributed by atoms with E-state index in [0.717, 1.165) is 48.9 Å². The molecule has 0 radical (unpaired) electrons. The minimum Gasteiger partial charge on any atom is -0.491 e. The molecule has 1 aliphatic rings. The Labute approximate surface area is 207 Å². The SMILES string of the molecule is CCOc1ccc(C(=O)c2sc(Nc3ccc(N4CCN(C(C)C)CC4)cc3)nc2N)c(F)c1F. The monoisotopic (exact) mass is 501 g/mol. The zero-order valence-electron chi connectivity index (χ0n) is 20.0. The van der Waals surface area contributed by atoms with E-state index in [0.29, 0.717) is 11.2 Å². The van der Waals surface area contributed by atoms with E-state index in [4.69, 9.17) is 10.5 Å². The Hall–Kier alpha value is -3.24. The van der Waals surface area contributed by atoms with Crippen molar-refractivity contribution in [2.75, 3.05) is 48.7 Å². The third kappa shape index (κ3) is 5.38. The minimum absolute atomic E-state index is 0.0367. The van der Waals surface area contributed by atoms with Gasteiger partial charge in [-0.25, -0.2) is 9.37 Å². The second-order valence-corrected chi connectivity index (χ2v) is 9.52. The second kappa shape index (κ2) is 10.6. The lowest BCUT2D eigenvalue weighted by Crippen LogP contribution is -2.48. The predicted octanol–water partition coefficient (Wildman–Crippen LogP) is 4.91. The number of nitrogens with one attached hydrogen (secondary N) is 1. The van der Waals surface area contributed by atoms with Crippen molar-refractivity contribution in [1.29, 1.82) is 0 Å². The number of rotatable bonds is 8. The van der Waals surface area contributed by atoms with Crippen LogP contribution in [0.3, 0.4) is 0 Å². The predicted molar refractivity (Wildman–Crippen MR) is 136 cm³/mol. The summed E-state index contributed by atoms with van der Waals surface area (Å²) in [5.74, 6) is -3.50. The third-order valence-corrected chi connectivity index (χ3v) is 6.96.